The molecule has 0 heterocycles. The fourth-order valence-electron chi connectivity index (χ4n) is 2.06. The minimum Gasteiger partial charge on any atom is -0.493 e. The zero-order valence-electron chi connectivity index (χ0n) is 13.1. The molecule has 23 heavy (non-hydrogen) atoms. The van der Waals surface area contributed by atoms with Crippen molar-refractivity contribution in [3.63, 3.8) is 0 Å². The predicted octanol–water partition coefficient (Wildman–Crippen LogP) is 4.56. The maximum atomic E-state index is 13.8. The molecule has 0 aliphatic heterocycles. The maximum absolute atomic E-state index is 13.8. The smallest absolute Gasteiger partial charge is 0.255 e. The summed E-state index contributed by atoms with van der Waals surface area (Å²) in [5.74, 6) is 0.0295. The van der Waals surface area contributed by atoms with Crippen LogP contribution in [0.5, 0.6) is 11.5 Å². The van der Waals surface area contributed by atoms with Crippen molar-refractivity contribution in [3.05, 3.63) is 51.7 Å². The number of amides is 1. The second kappa shape index (κ2) is 7.46. The van der Waals surface area contributed by atoms with E-state index in [2.05, 4.69) is 21.2 Å². The molecule has 0 aliphatic carbocycles. The maximum Gasteiger partial charge on any atom is 0.255 e. The summed E-state index contributed by atoms with van der Waals surface area (Å²) >= 11 is 3.36. The van der Waals surface area contributed by atoms with E-state index in [1.165, 1.54) is 13.2 Å². The van der Waals surface area contributed by atoms with Crippen LogP contribution in [0.4, 0.5) is 10.1 Å². The molecule has 0 bridgehead atoms. The van der Waals surface area contributed by atoms with E-state index >= 15 is 0 Å². The highest BCUT2D eigenvalue weighted by atomic mass is 79.9. The predicted molar refractivity (Wildman–Crippen MR) is 91.0 cm³/mol. The van der Waals surface area contributed by atoms with Gasteiger partial charge in [0, 0.05) is 5.56 Å². The topological polar surface area (TPSA) is 47.6 Å². The first-order valence-corrected chi connectivity index (χ1v) is 7.83. The van der Waals surface area contributed by atoms with Crippen LogP contribution in [0, 0.1) is 12.7 Å². The third kappa shape index (κ3) is 4.01. The minimum absolute atomic E-state index is 0.138. The largest absolute Gasteiger partial charge is 0.493 e. The van der Waals surface area contributed by atoms with Crippen molar-refractivity contribution < 1.29 is 18.7 Å². The van der Waals surface area contributed by atoms with Crippen molar-refractivity contribution >= 4 is 27.5 Å². The van der Waals surface area contributed by atoms with E-state index in [-0.39, 0.29) is 5.69 Å². The third-order valence-corrected chi connectivity index (χ3v) is 3.74. The Labute approximate surface area is 142 Å². The zero-order chi connectivity index (χ0) is 17.0. The van der Waals surface area contributed by atoms with E-state index in [0.717, 1.165) is 5.56 Å². The quantitative estimate of drug-likeness (QED) is 0.825. The Morgan fingerprint density at radius 1 is 1.30 bits per heavy atom. The number of nitrogens with one attached hydrogen (secondary N) is 1. The molecular weight excluding hydrogens is 365 g/mol. The van der Waals surface area contributed by atoms with Crippen molar-refractivity contribution in [2.75, 3.05) is 19.0 Å². The third-order valence-electron chi connectivity index (χ3n) is 3.15. The number of benzene rings is 2. The number of methoxy groups -OCH3 is 1. The summed E-state index contributed by atoms with van der Waals surface area (Å²) in [6, 6.07) is 7.70. The van der Waals surface area contributed by atoms with E-state index in [1.54, 1.807) is 24.3 Å². The highest BCUT2D eigenvalue weighted by molar-refractivity contribution is 9.10. The zero-order valence-corrected chi connectivity index (χ0v) is 14.7. The van der Waals surface area contributed by atoms with Crippen molar-refractivity contribution in [1.29, 1.82) is 0 Å². The van der Waals surface area contributed by atoms with Gasteiger partial charge in [0.25, 0.3) is 5.91 Å². The summed E-state index contributed by atoms with van der Waals surface area (Å²) < 4.78 is 25.1. The summed E-state index contributed by atoms with van der Waals surface area (Å²) in [6.07, 6.45) is 0. The number of rotatable bonds is 5. The summed E-state index contributed by atoms with van der Waals surface area (Å²) in [6.45, 7) is 4.15. The molecule has 0 unspecified atom stereocenters. The lowest BCUT2D eigenvalue weighted by Crippen LogP contribution is -2.13. The molecule has 2 aromatic rings. The molecule has 1 amide bonds. The SMILES string of the molecule is CCOc1c(Br)cc(C(=O)Nc2cc(C)ccc2F)cc1OC. The molecule has 0 radical (unpaired) electrons. The van der Waals surface area contributed by atoms with E-state index in [0.29, 0.717) is 28.1 Å². The Morgan fingerprint density at radius 2 is 2.04 bits per heavy atom. The molecule has 122 valence electrons. The van der Waals surface area contributed by atoms with Crippen LogP contribution in [0.3, 0.4) is 0 Å². The Morgan fingerprint density at radius 3 is 2.70 bits per heavy atom. The van der Waals surface area contributed by atoms with Crippen molar-refractivity contribution in [1.82, 2.24) is 0 Å². The van der Waals surface area contributed by atoms with Crippen LogP contribution in [0.1, 0.15) is 22.8 Å². The average molecular weight is 382 g/mol. The summed E-state index contributed by atoms with van der Waals surface area (Å²) in [5.41, 5.74) is 1.32. The van der Waals surface area contributed by atoms with Gasteiger partial charge in [-0.15, -0.1) is 0 Å². The molecule has 0 aromatic heterocycles. The summed E-state index contributed by atoms with van der Waals surface area (Å²) in [4.78, 5) is 12.4. The lowest BCUT2D eigenvalue weighted by atomic mass is 10.1. The number of hydrogen-bond acceptors (Lipinski definition) is 3. The second-order valence-electron chi connectivity index (χ2n) is 4.86. The van der Waals surface area contributed by atoms with Crippen molar-refractivity contribution in [3.8, 4) is 11.5 Å². The molecule has 2 rings (SSSR count). The Balaban J connectivity index is 2.32. The monoisotopic (exact) mass is 381 g/mol. The van der Waals surface area contributed by atoms with E-state index in [4.69, 9.17) is 9.47 Å². The molecule has 0 saturated heterocycles. The lowest BCUT2D eigenvalue weighted by molar-refractivity contribution is 0.102. The highest BCUT2D eigenvalue weighted by Crippen LogP contribution is 2.36. The molecule has 0 atom stereocenters. The van der Waals surface area contributed by atoms with Crippen LogP contribution in [-0.2, 0) is 0 Å². The molecule has 4 nitrogen and oxygen atoms in total. The first-order chi connectivity index (χ1) is 11.0. The van der Waals surface area contributed by atoms with Crippen LogP contribution < -0.4 is 14.8 Å². The van der Waals surface area contributed by atoms with Crippen molar-refractivity contribution in [2.45, 2.75) is 13.8 Å². The fourth-order valence-corrected chi connectivity index (χ4v) is 2.62. The van der Waals surface area contributed by atoms with Gasteiger partial charge in [0.05, 0.1) is 23.9 Å². The minimum atomic E-state index is -0.485. The van der Waals surface area contributed by atoms with Gasteiger partial charge in [-0.2, -0.15) is 0 Å². The van der Waals surface area contributed by atoms with Crippen LogP contribution >= 0.6 is 15.9 Å². The summed E-state index contributed by atoms with van der Waals surface area (Å²) in [5, 5.41) is 2.57. The van der Waals surface area contributed by atoms with Gasteiger partial charge in [-0.25, -0.2) is 4.39 Å². The molecule has 0 aliphatic rings. The van der Waals surface area contributed by atoms with E-state index < -0.39 is 11.7 Å². The first-order valence-electron chi connectivity index (χ1n) is 7.04. The fraction of sp³-hybridized carbons (Fsp3) is 0.235. The van der Waals surface area contributed by atoms with Crippen molar-refractivity contribution in [2.24, 2.45) is 0 Å². The molecule has 0 spiro atoms. The molecule has 0 saturated carbocycles. The van der Waals surface area contributed by atoms with Crippen LogP contribution in [0.25, 0.3) is 0 Å². The Bertz CT molecular complexity index is 734. The van der Waals surface area contributed by atoms with Gasteiger partial charge in [-0.05, 0) is 59.6 Å². The number of carbonyl (C=O) groups is 1. The molecule has 0 fully saturated rings. The molecule has 2 aromatic carbocycles. The van der Waals surface area contributed by atoms with E-state index in [9.17, 15) is 9.18 Å². The van der Waals surface area contributed by atoms with Gasteiger partial charge in [0.2, 0.25) is 0 Å². The molecule has 1 N–H and O–H groups in total. The Kier molecular flexibility index (Phi) is 5.60. The average Bonchev–Trinajstić information content (AvgIpc) is 2.52. The van der Waals surface area contributed by atoms with Gasteiger partial charge in [-0.1, -0.05) is 6.07 Å². The second-order valence-corrected chi connectivity index (χ2v) is 5.71. The molecule has 6 heteroatoms. The Hall–Kier alpha value is -2.08. The number of aryl methyl sites for hydroxylation is 1. The molecular formula is C17H17BrFNO3. The number of halogens is 2. The highest BCUT2D eigenvalue weighted by Gasteiger charge is 2.16. The normalized spacial score (nSPS) is 10.3. The van der Waals surface area contributed by atoms with Crippen LogP contribution in [0.15, 0.2) is 34.8 Å². The number of carbonyl (C=O) groups excluding carboxylic acids is 1. The summed E-state index contributed by atoms with van der Waals surface area (Å²) in [7, 11) is 1.49. The van der Waals surface area contributed by atoms with Gasteiger partial charge >= 0.3 is 0 Å². The standard InChI is InChI=1S/C17H17BrFNO3/c1-4-23-16-12(18)8-11(9-15(16)22-3)17(21)20-14-7-10(2)5-6-13(14)19/h5-9H,4H2,1-3H3,(H,20,21). The number of ether oxygens (including phenoxy) is 2. The number of hydrogen-bond donors (Lipinski definition) is 1. The van der Waals surface area contributed by atoms with Crippen LogP contribution in [-0.4, -0.2) is 19.6 Å². The van der Waals surface area contributed by atoms with Gasteiger partial charge in [0.15, 0.2) is 11.5 Å². The van der Waals surface area contributed by atoms with Gasteiger partial charge < -0.3 is 14.8 Å². The first kappa shape index (κ1) is 17.3. The van der Waals surface area contributed by atoms with Gasteiger partial charge in [0.1, 0.15) is 5.82 Å². The van der Waals surface area contributed by atoms with Gasteiger partial charge in [-0.3, -0.25) is 4.79 Å². The van der Waals surface area contributed by atoms with E-state index in [1.807, 2.05) is 13.8 Å². The lowest BCUT2D eigenvalue weighted by Gasteiger charge is -2.13. The van der Waals surface area contributed by atoms with Crippen LogP contribution in [0.2, 0.25) is 0 Å². The number of anilines is 1.